The van der Waals surface area contributed by atoms with Gasteiger partial charge >= 0.3 is 6.18 Å². The third kappa shape index (κ3) is 3.56. The van der Waals surface area contributed by atoms with Crippen LogP contribution >= 0.6 is 15.9 Å². The fraction of sp³-hybridized carbons (Fsp3) is 0.200. The second kappa shape index (κ2) is 6.77. The van der Waals surface area contributed by atoms with E-state index in [1.54, 1.807) is 18.2 Å². The minimum Gasteiger partial charge on any atom is -0.451 e. The summed E-state index contributed by atoms with van der Waals surface area (Å²) in [6.45, 7) is 0. The SMILES string of the molecule is O=C(Nc1c(C(=O)C2CC2)oc2ccc(Br)cc12)c1ccc(C(F)(F)F)cc1. The molecule has 1 fully saturated rings. The number of fused-ring (bicyclic) bond motifs is 1. The summed E-state index contributed by atoms with van der Waals surface area (Å²) in [7, 11) is 0. The highest BCUT2D eigenvalue weighted by molar-refractivity contribution is 9.10. The van der Waals surface area contributed by atoms with E-state index in [0.29, 0.717) is 11.0 Å². The molecule has 4 rings (SSSR count). The van der Waals surface area contributed by atoms with Gasteiger partial charge in [-0.3, -0.25) is 9.59 Å². The van der Waals surface area contributed by atoms with E-state index in [4.69, 9.17) is 4.42 Å². The van der Waals surface area contributed by atoms with Crippen molar-refractivity contribution in [3.8, 4) is 0 Å². The van der Waals surface area contributed by atoms with Gasteiger partial charge in [0.2, 0.25) is 5.78 Å². The van der Waals surface area contributed by atoms with Gasteiger partial charge in [0, 0.05) is 21.3 Å². The summed E-state index contributed by atoms with van der Waals surface area (Å²) in [4.78, 5) is 25.2. The van der Waals surface area contributed by atoms with Gasteiger partial charge in [-0.05, 0) is 55.3 Å². The summed E-state index contributed by atoms with van der Waals surface area (Å²) in [6, 6.07) is 9.02. The Balaban J connectivity index is 1.70. The van der Waals surface area contributed by atoms with Crippen LogP contribution in [0.3, 0.4) is 0 Å². The minimum absolute atomic E-state index is 0.0437. The van der Waals surface area contributed by atoms with E-state index in [2.05, 4.69) is 21.2 Å². The summed E-state index contributed by atoms with van der Waals surface area (Å²) < 4.78 is 44.5. The molecular formula is C20H13BrF3NO3. The van der Waals surface area contributed by atoms with E-state index in [9.17, 15) is 22.8 Å². The van der Waals surface area contributed by atoms with Gasteiger partial charge in [0.25, 0.3) is 5.91 Å². The molecule has 0 bridgehead atoms. The number of halogens is 4. The van der Waals surface area contributed by atoms with E-state index in [-0.39, 0.29) is 28.7 Å². The first-order chi connectivity index (χ1) is 13.2. The number of furan rings is 1. The first-order valence-electron chi connectivity index (χ1n) is 8.49. The molecule has 0 aliphatic heterocycles. The van der Waals surface area contributed by atoms with Gasteiger partial charge in [0.05, 0.1) is 11.3 Å². The number of carbonyl (C=O) groups excluding carboxylic acids is 2. The molecule has 0 radical (unpaired) electrons. The van der Waals surface area contributed by atoms with Crippen LogP contribution in [-0.4, -0.2) is 11.7 Å². The highest BCUT2D eigenvalue weighted by Crippen LogP contribution is 2.40. The molecule has 1 amide bonds. The standard InChI is InChI=1S/C20H13BrF3NO3/c21-13-7-8-15-14(9-13)16(18(28-15)17(26)10-1-2-10)25-19(27)11-3-5-12(6-4-11)20(22,23)24/h3-10H,1-2H2,(H,25,27). The smallest absolute Gasteiger partial charge is 0.416 e. The number of ketones is 1. The first-order valence-corrected chi connectivity index (χ1v) is 9.28. The average molecular weight is 452 g/mol. The molecule has 1 aliphatic carbocycles. The molecule has 4 nitrogen and oxygen atoms in total. The van der Waals surface area contributed by atoms with Gasteiger partial charge in [0.15, 0.2) is 5.76 Å². The summed E-state index contributed by atoms with van der Waals surface area (Å²) in [5.41, 5.74) is -0.124. The van der Waals surface area contributed by atoms with Crippen LogP contribution in [0.2, 0.25) is 0 Å². The monoisotopic (exact) mass is 451 g/mol. The summed E-state index contributed by atoms with van der Waals surface area (Å²) in [5, 5.41) is 3.18. The Morgan fingerprint density at radius 3 is 2.36 bits per heavy atom. The van der Waals surface area contributed by atoms with Crippen LogP contribution < -0.4 is 5.32 Å². The predicted molar refractivity (Wildman–Crippen MR) is 100 cm³/mol. The Morgan fingerprint density at radius 1 is 1.07 bits per heavy atom. The lowest BCUT2D eigenvalue weighted by Gasteiger charge is -2.09. The van der Waals surface area contributed by atoms with Gasteiger partial charge in [-0.1, -0.05) is 15.9 Å². The maximum Gasteiger partial charge on any atom is 0.416 e. The molecule has 0 spiro atoms. The number of carbonyl (C=O) groups is 2. The Bertz CT molecular complexity index is 1080. The summed E-state index contributed by atoms with van der Waals surface area (Å²) >= 11 is 3.35. The molecule has 1 aliphatic rings. The van der Waals surface area contributed by atoms with E-state index < -0.39 is 17.6 Å². The van der Waals surface area contributed by atoms with Crippen LogP contribution in [0.15, 0.2) is 51.4 Å². The molecule has 2 aromatic carbocycles. The van der Waals surface area contributed by atoms with Crippen molar-refractivity contribution in [3.63, 3.8) is 0 Å². The molecule has 1 saturated carbocycles. The van der Waals surface area contributed by atoms with Crippen LogP contribution in [-0.2, 0) is 6.18 Å². The molecule has 0 saturated heterocycles. The van der Waals surface area contributed by atoms with Crippen LogP contribution in [0, 0.1) is 5.92 Å². The summed E-state index contributed by atoms with van der Waals surface area (Å²) in [6.07, 6.45) is -2.94. The van der Waals surface area contributed by atoms with Crippen molar-refractivity contribution in [2.75, 3.05) is 5.32 Å². The second-order valence-electron chi connectivity index (χ2n) is 6.61. The zero-order valence-corrected chi connectivity index (χ0v) is 15.9. The summed E-state index contributed by atoms with van der Waals surface area (Å²) in [5.74, 6) is -0.863. The normalized spacial score (nSPS) is 14.3. The van der Waals surface area contributed by atoms with Gasteiger partial charge in [0.1, 0.15) is 5.58 Å². The number of hydrogen-bond donors (Lipinski definition) is 1. The Kier molecular flexibility index (Phi) is 4.53. The fourth-order valence-corrected chi connectivity index (χ4v) is 3.26. The van der Waals surface area contributed by atoms with Gasteiger partial charge < -0.3 is 9.73 Å². The predicted octanol–water partition coefficient (Wildman–Crippen LogP) is 6.06. The maximum atomic E-state index is 12.7. The highest BCUT2D eigenvalue weighted by atomic mass is 79.9. The van der Waals surface area contributed by atoms with Gasteiger partial charge in [-0.25, -0.2) is 0 Å². The Morgan fingerprint density at radius 2 is 1.75 bits per heavy atom. The van der Waals surface area contributed by atoms with Crippen LogP contribution in [0.4, 0.5) is 18.9 Å². The van der Waals surface area contributed by atoms with Crippen LogP contribution in [0.25, 0.3) is 11.0 Å². The number of benzene rings is 2. The Hall–Kier alpha value is -2.61. The molecule has 8 heteroatoms. The van der Waals surface area contributed by atoms with E-state index in [1.165, 1.54) is 0 Å². The lowest BCUT2D eigenvalue weighted by atomic mass is 10.1. The quantitative estimate of drug-likeness (QED) is 0.490. The molecule has 28 heavy (non-hydrogen) atoms. The molecule has 1 N–H and O–H groups in total. The van der Waals surface area contributed by atoms with Crippen molar-refractivity contribution in [2.45, 2.75) is 19.0 Å². The lowest BCUT2D eigenvalue weighted by Crippen LogP contribution is -2.15. The maximum absolute atomic E-state index is 12.7. The van der Waals surface area contributed by atoms with E-state index in [1.807, 2.05) is 0 Å². The average Bonchev–Trinajstić information content (AvgIpc) is 3.44. The van der Waals surface area contributed by atoms with E-state index >= 15 is 0 Å². The Labute approximate surface area is 165 Å². The largest absolute Gasteiger partial charge is 0.451 e. The molecule has 0 atom stereocenters. The number of hydrogen-bond acceptors (Lipinski definition) is 3. The van der Waals surface area contributed by atoms with Crippen molar-refractivity contribution < 1.29 is 27.2 Å². The van der Waals surface area contributed by atoms with Gasteiger partial charge in [-0.2, -0.15) is 13.2 Å². The topological polar surface area (TPSA) is 59.3 Å². The number of amides is 1. The second-order valence-corrected chi connectivity index (χ2v) is 7.53. The molecule has 1 heterocycles. The highest BCUT2D eigenvalue weighted by Gasteiger charge is 2.35. The first kappa shape index (κ1) is 18.7. The minimum atomic E-state index is -4.48. The lowest BCUT2D eigenvalue weighted by molar-refractivity contribution is -0.137. The molecular weight excluding hydrogens is 439 g/mol. The number of rotatable bonds is 4. The number of anilines is 1. The van der Waals surface area contributed by atoms with Crippen molar-refractivity contribution in [3.05, 3.63) is 63.8 Å². The molecule has 3 aromatic rings. The number of nitrogens with one attached hydrogen (secondary N) is 1. The third-order valence-corrected chi connectivity index (χ3v) is 5.03. The molecule has 1 aromatic heterocycles. The molecule has 144 valence electrons. The van der Waals surface area contributed by atoms with Crippen molar-refractivity contribution >= 4 is 44.3 Å². The van der Waals surface area contributed by atoms with Crippen molar-refractivity contribution in [1.82, 2.24) is 0 Å². The van der Waals surface area contributed by atoms with Crippen molar-refractivity contribution in [1.29, 1.82) is 0 Å². The van der Waals surface area contributed by atoms with Crippen molar-refractivity contribution in [2.24, 2.45) is 5.92 Å². The number of alkyl halides is 3. The van der Waals surface area contributed by atoms with Crippen LogP contribution in [0.5, 0.6) is 0 Å². The van der Waals surface area contributed by atoms with E-state index in [0.717, 1.165) is 41.6 Å². The zero-order valence-electron chi connectivity index (χ0n) is 14.3. The fourth-order valence-electron chi connectivity index (χ4n) is 2.89. The van der Waals surface area contributed by atoms with Gasteiger partial charge in [-0.15, -0.1) is 0 Å². The zero-order chi connectivity index (χ0) is 20.1. The number of Topliss-reactive ketones (excluding diaryl/α,β-unsaturated/α-hetero) is 1. The van der Waals surface area contributed by atoms with Crippen LogP contribution in [0.1, 0.15) is 39.3 Å². The third-order valence-electron chi connectivity index (χ3n) is 4.53. The molecule has 0 unspecified atom stereocenters.